The Hall–Kier alpha value is -3.09. The predicted molar refractivity (Wildman–Crippen MR) is 98.0 cm³/mol. The maximum absolute atomic E-state index is 12.5. The first-order valence-corrected chi connectivity index (χ1v) is 8.41. The zero-order valence-corrected chi connectivity index (χ0v) is 14.8. The van der Waals surface area contributed by atoms with E-state index in [9.17, 15) is 19.5 Å². The smallest absolute Gasteiger partial charge is 0.272 e. The maximum Gasteiger partial charge on any atom is 0.272 e. The minimum absolute atomic E-state index is 0.265. The van der Waals surface area contributed by atoms with Crippen LogP contribution < -0.4 is 16.1 Å². The molecule has 0 fully saturated rings. The molecule has 4 N–H and O–H groups in total. The molecule has 0 saturated carbocycles. The normalized spacial score (nSPS) is 11.8. The molecule has 0 saturated heterocycles. The van der Waals surface area contributed by atoms with E-state index in [-0.39, 0.29) is 23.9 Å². The van der Waals surface area contributed by atoms with Crippen molar-refractivity contribution in [3.05, 3.63) is 64.1 Å². The van der Waals surface area contributed by atoms with Crippen LogP contribution >= 0.6 is 0 Å². The van der Waals surface area contributed by atoms with E-state index in [1.165, 1.54) is 6.20 Å². The van der Waals surface area contributed by atoms with Gasteiger partial charge in [-0.15, -0.1) is 0 Å². The fourth-order valence-corrected chi connectivity index (χ4v) is 2.36. The molecule has 0 bridgehead atoms. The van der Waals surface area contributed by atoms with Crippen molar-refractivity contribution in [3.63, 3.8) is 0 Å². The van der Waals surface area contributed by atoms with Crippen molar-refractivity contribution in [1.29, 1.82) is 0 Å². The Morgan fingerprint density at radius 1 is 1.15 bits per heavy atom. The molecule has 0 radical (unpaired) electrons. The van der Waals surface area contributed by atoms with Gasteiger partial charge in [0.05, 0.1) is 0 Å². The van der Waals surface area contributed by atoms with Crippen LogP contribution in [0.4, 0.5) is 0 Å². The highest BCUT2D eigenvalue weighted by Crippen LogP contribution is 2.09. The largest absolute Gasteiger partial charge is 0.503 e. The zero-order valence-electron chi connectivity index (χ0n) is 14.8. The Bertz CT molecular complexity index is 815. The van der Waals surface area contributed by atoms with Crippen molar-refractivity contribution in [3.8, 4) is 5.75 Å². The summed E-state index contributed by atoms with van der Waals surface area (Å²) in [5.74, 6) is -1.46. The van der Waals surface area contributed by atoms with Gasteiger partial charge in [0.15, 0.2) is 11.4 Å². The lowest BCUT2D eigenvalue weighted by Crippen LogP contribution is -2.49. The van der Waals surface area contributed by atoms with Gasteiger partial charge in [0.1, 0.15) is 6.04 Å². The average molecular weight is 357 g/mol. The van der Waals surface area contributed by atoms with E-state index in [0.29, 0.717) is 6.54 Å². The number of amides is 2. The van der Waals surface area contributed by atoms with Crippen LogP contribution in [-0.4, -0.2) is 34.5 Å². The van der Waals surface area contributed by atoms with Crippen molar-refractivity contribution >= 4 is 11.8 Å². The van der Waals surface area contributed by atoms with Gasteiger partial charge in [-0.05, 0) is 11.5 Å². The molecule has 0 aliphatic rings. The lowest BCUT2D eigenvalue weighted by Gasteiger charge is -2.19. The minimum Gasteiger partial charge on any atom is -0.503 e. The van der Waals surface area contributed by atoms with E-state index in [1.54, 1.807) is 0 Å². The number of nitrogens with one attached hydrogen (secondary N) is 3. The topological polar surface area (TPSA) is 111 Å². The van der Waals surface area contributed by atoms with Crippen LogP contribution in [0.2, 0.25) is 0 Å². The SMILES string of the molecule is CC(C)CNC(=O)C(Cc1ccccc1)NC(=O)c1[nH]ccc(=O)c1O. The van der Waals surface area contributed by atoms with Gasteiger partial charge in [0.2, 0.25) is 11.3 Å². The summed E-state index contributed by atoms with van der Waals surface area (Å²) in [5.41, 5.74) is -0.0618. The number of carbonyl (C=O) groups is 2. The van der Waals surface area contributed by atoms with Crippen molar-refractivity contribution in [2.24, 2.45) is 5.92 Å². The van der Waals surface area contributed by atoms with Crippen LogP contribution in [0.25, 0.3) is 0 Å². The fraction of sp³-hybridized carbons (Fsp3) is 0.316. The number of pyridine rings is 1. The Kier molecular flexibility index (Phi) is 6.54. The second-order valence-electron chi connectivity index (χ2n) is 6.42. The first kappa shape index (κ1) is 19.2. The van der Waals surface area contributed by atoms with Gasteiger partial charge in [0.25, 0.3) is 5.91 Å². The molecule has 2 amide bonds. The maximum atomic E-state index is 12.5. The molecule has 26 heavy (non-hydrogen) atoms. The van der Waals surface area contributed by atoms with Gasteiger partial charge in [-0.3, -0.25) is 14.4 Å². The molecule has 0 aliphatic carbocycles. The lowest BCUT2D eigenvalue weighted by molar-refractivity contribution is -0.123. The monoisotopic (exact) mass is 357 g/mol. The van der Waals surface area contributed by atoms with Gasteiger partial charge in [-0.1, -0.05) is 44.2 Å². The number of H-pyrrole nitrogens is 1. The molecule has 1 atom stereocenters. The average Bonchev–Trinajstić information content (AvgIpc) is 2.62. The summed E-state index contributed by atoms with van der Waals surface area (Å²) < 4.78 is 0. The summed E-state index contributed by atoms with van der Waals surface area (Å²) in [6.45, 7) is 4.42. The molecule has 2 aromatic rings. The molecular formula is C19H23N3O4. The Morgan fingerprint density at radius 3 is 2.50 bits per heavy atom. The summed E-state index contributed by atoms with van der Waals surface area (Å²) in [5, 5.41) is 15.2. The zero-order chi connectivity index (χ0) is 19.1. The van der Waals surface area contributed by atoms with Gasteiger partial charge >= 0.3 is 0 Å². The number of aromatic hydroxyl groups is 1. The third-order valence-electron chi connectivity index (χ3n) is 3.75. The summed E-state index contributed by atoms with van der Waals surface area (Å²) >= 11 is 0. The third kappa shape index (κ3) is 5.20. The van der Waals surface area contributed by atoms with Crippen LogP contribution in [0.1, 0.15) is 29.9 Å². The van der Waals surface area contributed by atoms with Crippen molar-refractivity contribution in [1.82, 2.24) is 15.6 Å². The summed E-state index contributed by atoms with van der Waals surface area (Å²) in [4.78, 5) is 39.0. The van der Waals surface area contributed by atoms with Crippen LogP contribution in [0.15, 0.2) is 47.4 Å². The van der Waals surface area contributed by atoms with E-state index in [4.69, 9.17) is 0 Å². The highest BCUT2D eigenvalue weighted by atomic mass is 16.3. The van der Waals surface area contributed by atoms with E-state index in [0.717, 1.165) is 11.6 Å². The Labute approximate surface area is 151 Å². The fourth-order valence-electron chi connectivity index (χ4n) is 2.36. The van der Waals surface area contributed by atoms with Gasteiger partial charge in [-0.25, -0.2) is 0 Å². The number of hydrogen-bond donors (Lipinski definition) is 4. The number of benzene rings is 1. The standard InChI is InChI=1S/C19H23N3O4/c1-12(2)11-21-18(25)14(10-13-6-4-3-5-7-13)22-19(26)16-17(24)15(23)8-9-20-16/h3-9,12,14,24H,10-11H2,1-2H3,(H,20,23)(H,21,25)(H,22,26). The number of hydrogen-bond acceptors (Lipinski definition) is 4. The highest BCUT2D eigenvalue weighted by Gasteiger charge is 2.24. The van der Waals surface area contributed by atoms with E-state index in [1.807, 2.05) is 44.2 Å². The van der Waals surface area contributed by atoms with Gasteiger partial charge in [0, 0.05) is 25.2 Å². The van der Waals surface area contributed by atoms with Crippen LogP contribution in [0.5, 0.6) is 5.75 Å². The highest BCUT2D eigenvalue weighted by molar-refractivity contribution is 5.98. The van der Waals surface area contributed by atoms with Crippen molar-refractivity contribution < 1.29 is 14.7 Å². The van der Waals surface area contributed by atoms with Crippen LogP contribution in [0.3, 0.4) is 0 Å². The second kappa shape index (κ2) is 8.84. The number of aromatic nitrogens is 1. The molecule has 7 nitrogen and oxygen atoms in total. The summed E-state index contributed by atoms with van der Waals surface area (Å²) in [7, 11) is 0. The number of aromatic amines is 1. The van der Waals surface area contributed by atoms with Crippen LogP contribution in [-0.2, 0) is 11.2 Å². The van der Waals surface area contributed by atoms with Crippen LogP contribution in [0, 0.1) is 5.92 Å². The molecule has 0 spiro atoms. The quantitative estimate of drug-likeness (QED) is 0.596. The minimum atomic E-state index is -0.841. The molecule has 1 unspecified atom stereocenters. The molecule has 1 heterocycles. The Balaban J connectivity index is 2.19. The summed E-state index contributed by atoms with van der Waals surface area (Å²) in [6, 6.07) is 9.55. The Morgan fingerprint density at radius 2 is 1.85 bits per heavy atom. The van der Waals surface area contributed by atoms with E-state index >= 15 is 0 Å². The molecule has 1 aromatic carbocycles. The van der Waals surface area contributed by atoms with E-state index < -0.39 is 23.1 Å². The number of rotatable bonds is 7. The third-order valence-corrected chi connectivity index (χ3v) is 3.75. The first-order valence-electron chi connectivity index (χ1n) is 8.41. The van der Waals surface area contributed by atoms with E-state index in [2.05, 4.69) is 15.6 Å². The molecule has 7 heteroatoms. The molecule has 2 rings (SSSR count). The first-order chi connectivity index (χ1) is 12.4. The second-order valence-corrected chi connectivity index (χ2v) is 6.42. The molecule has 1 aromatic heterocycles. The van der Waals surface area contributed by atoms with Gasteiger partial charge < -0.3 is 20.7 Å². The van der Waals surface area contributed by atoms with Gasteiger partial charge in [-0.2, -0.15) is 0 Å². The molecule has 0 aliphatic heterocycles. The lowest BCUT2D eigenvalue weighted by atomic mass is 10.0. The predicted octanol–water partition coefficient (Wildman–Crippen LogP) is 1.19. The number of carbonyl (C=O) groups excluding carboxylic acids is 2. The molecule has 138 valence electrons. The van der Waals surface area contributed by atoms with Crippen molar-refractivity contribution in [2.45, 2.75) is 26.3 Å². The summed E-state index contributed by atoms with van der Waals surface area (Å²) in [6.07, 6.45) is 1.55. The molecular weight excluding hydrogens is 334 g/mol. The van der Waals surface area contributed by atoms with Crippen molar-refractivity contribution in [2.75, 3.05) is 6.54 Å².